The first kappa shape index (κ1) is 13.4. The smallest absolute Gasteiger partial charge is 0.0133 e. The van der Waals surface area contributed by atoms with Gasteiger partial charge in [-0.2, -0.15) is 0 Å². The molecule has 0 bridgehead atoms. The number of hydrogen-bond donors (Lipinski definition) is 0. The van der Waals surface area contributed by atoms with Crippen LogP contribution in [-0.4, -0.2) is 25.0 Å². The quantitative estimate of drug-likeness (QED) is 0.778. The average Bonchev–Trinajstić information content (AvgIpc) is 2.39. The molecule has 1 aromatic rings. The van der Waals surface area contributed by atoms with E-state index in [0.717, 1.165) is 6.42 Å². The molecule has 0 unspecified atom stereocenters. The Kier molecular flexibility index (Phi) is 4.23. The SMILES string of the molecule is C/C=C(\CC)c1cccc2c1C[C@H](N(C)C)CC2. The number of likely N-dealkylation sites (N-methyl/N-ethyl adjacent to an activating group) is 1. The topological polar surface area (TPSA) is 3.24 Å². The van der Waals surface area contributed by atoms with Gasteiger partial charge in [0, 0.05) is 6.04 Å². The zero-order chi connectivity index (χ0) is 13.1. The van der Waals surface area contributed by atoms with E-state index in [0.29, 0.717) is 6.04 Å². The summed E-state index contributed by atoms with van der Waals surface area (Å²) in [7, 11) is 4.41. The molecule has 1 aliphatic rings. The van der Waals surface area contributed by atoms with Crippen molar-refractivity contribution in [2.24, 2.45) is 0 Å². The first-order valence-electron chi connectivity index (χ1n) is 7.10. The summed E-state index contributed by atoms with van der Waals surface area (Å²) in [5.41, 5.74) is 6.14. The Bertz CT molecular complexity index is 443. The molecule has 98 valence electrons. The lowest BCUT2D eigenvalue weighted by atomic mass is 9.82. The Balaban J connectivity index is 2.40. The Morgan fingerprint density at radius 3 is 2.78 bits per heavy atom. The van der Waals surface area contributed by atoms with Crippen LogP contribution in [0.15, 0.2) is 24.3 Å². The molecule has 1 nitrogen and oxygen atoms in total. The fraction of sp³-hybridized carbons (Fsp3) is 0.529. The molecule has 0 fully saturated rings. The Morgan fingerprint density at radius 2 is 2.17 bits per heavy atom. The summed E-state index contributed by atoms with van der Waals surface area (Å²) < 4.78 is 0. The van der Waals surface area contributed by atoms with E-state index >= 15 is 0 Å². The molecule has 18 heavy (non-hydrogen) atoms. The molecule has 2 rings (SSSR count). The maximum Gasteiger partial charge on any atom is 0.0133 e. The van der Waals surface area contributed by atoms with Gasteiger partial charge in [0.2, 0.25) is 0 Å². The first-order chi connectivity index (χ1) is 8.67. The van der Waals surface area contributed by atoms with Crippen molar-refractivity contribution in [3.8, 4) is 0 Å². The molecule has 0 spiro atoms. The maximum absolute atomic E-state index is 2.38. The van der Waals surface area contributed by atoms with E-state index in [-0.39, 0.29) is 0 Å². The second-order valence-electron chi connectivity index (χ2n) is 5.47. The van der Waals surface area contributed by atoms with E-state index in [1.807, 2.05) is 0 Å². The third kappa shape index (κ3) is 2.51. The van der Waals surface area contributed by atoms with Crippen LogP contribution in [0.4, 0.5) is 0 Å². The van der Waals surface area contributed by atoms with Crippen LogP contribution in [0.3, 0.4) is 0 Å². The highest BCUT2D eigenvalue weighted by Gasteiger charge is 2.22. The van der Waals surface area contributed by atoms with E-state index < -0.39 is 0 Å². The molecule has 1 atom stereocenters. The van der Waals surface area contributed by atoms with Gasteiger partial charge in [0.05, 0.1) is 0 Å². The molecule has 0 saturated heterocycles. The third-order valence-electron chi connectivity index (χ3n) is 4.27. The van der Waals surface area contributed by atoms with Crippen LogP contribution in [0, 0.1) is 0 Å². The van der Waals surface area contributed by atoms with Crippen LogP contribution in [0.5, 0.6) is 0 Å². The van der Waals surface area contributed by atoms with Crippen molar-refractivity contribution in [2.45, 2.75) is 45.6 Å². The zero-order valence-electron chi connectivity index (χ0n) is 12.2. The van der Waals surface area contributed by atoms with E-state index in [1.54, 1.807) is 11.1 Å². The number of nitrogens with zero attached hydrogens (tertiary/aromatic N) is 1. The summed E-state index contributed by atoms with van der Waals surface area (Å²) in [6, 6.07) is 7.54. The van der Waals surface area contributed by atoms with Gasteiger partial charge in [-0.1, -0.05) is 31.2 Å². The summed E-state index contributed by atoms with van der Waals surface area (Å²) in [5, 5.41) is 0. The molecule has 0 N–H and O–H groups in total. The molecule has 1 heteroatoms. The predicted molar refractivity (Wildman–Crippen MR) is 79.9 cm³/mol. The number of fused-ring (bicyclic) bond motifs is 1. The maximum atomic E-state index is 2.38. The highest BCUT2D eigenvalue weighted by atomic mass is 15.1. The zero-order valence-corrected chi connectivity index (χ0v) is 12.2. The molecular weight excluding hydrogens is 218 g/mol. The van der Waals surface area contributed by atoms with E-state index in [4.69, 9.17) is 0 Å². The standard InChI is InChI=1S/C17H25N/c1-5-13(6-2)16-9-7-8-14-10-11-15(18(3)4)12-17(14)16/h5,7-9,15H,6,10-12H2,1-4H3/b13-5+/t15-/m1/s1. The van der Waals surface area contributed by atoms with Crippen LogP contribution >= 0.6 is 0 Å². The fourth-order valence-electron chi connectivity index (χ4n) is 3.06. The predicted octanol–water partition coefficient (Wildman–Crippen LogP) is 3.92. The normalized spacial score (nSPS) is 20.1. The summed E-state index contributed by atoms with van der Waals surface area (Å²) in [6.07, 6.45) is 7.12. The average molecular weight is 243 g/mol. The first-order valence-corrected chi connectivity index (χ1v) is 7.10. The van der Waals surface area contributed by atoms with Gasteiger partial charge in [0.25, 0.3) is 0 Å². The number of hydrogen-bond acceptors (Lipinski definition) is 1. The van der Waals surface area contributed by atoms with E-state index in [1.165, 1.54) is 30.4 Å². The van der Waals surface area contributed by atoms with Gasteiger partial charge in [-0.15, -0.1) is 0 Å². The number of allylic oxidation sites excluding steroid dienone is 2. The molecular formula is C17H25N. The van der Waals surface area contributed by atoms with Crippen LogP contribution in [0.2, 0.25) is 0 Å². The minimum absolute atomic E-state index is 0.702. The Hall–Kier alpha value is -1.08. The minimum Gasteiger partial charge on any atom is -0.306 e. The lowest BCUT2D eigenvalue weighted by Gasteiger charge is -2.31. The highest BCUT2D eigenvalue weighted by molar-refractivity contribution is 5.69. The van der Waals surface area contributed by atoms with Gasteiger partial charge in [-0.05, 0) is 69.0 Å². The van der Waals surface area contributed by atoms with Crippen molar-refractivity contribution < 1.29 is 0 Å². The van der Waals surface area contributed by atoms with Crippen LogP contribution in [0.1, 0.15) is 43.4 Å². The number of aryl methyl sites for hydroxylation is 1. The summed E-state index contributed by atoms with van der Waals surface area (Å²) in [4.78, 5) is 2.38. The number of rotatable bonds is 3. The Labute approximate surface area is 112 Å². The third-order valence-corrected chi connectivity index (χ3v) is 4.27. The van der Waals surface area contributed by atoms with Crippen LogP contribution in [-0.2, 0) is 12.8 Å². The van der Waals surface area contributed by atoms with Gasteiger partial charge in [-0.25, -0.2) is 0 Å². The van der Waals surface area contributed by atoms with E-state index in [9.17, 15) is 0 Å². The monoisotopic (exact) mass is 243 g/mol. The van der Waals surface area contributed by atoms with Gasteiger partial charge in [-0.3, -0.25) is 0 Å². The summed E-state index contributed by atoms with van der Waals surface area (Å²) >= 11 is 0. The second kappa shape index (κ2) is 5.71. The van der Waals surface area contributed by atoms with Crippen LogP contribution in [0.25, 0.3) is 5.57 Å². The van der Waals surface area contributed by atoms with Crippen molar-refractivity contribution in [1.29, 1.82) is 0 Å². The molecule has 0 heterocycles. The Morgan fingerprint density at radius 1 is 1.39 bits per heavy atom. The highest BCUT2D eigenvalue weighted by Crippen LogP contribution is 2.31. The molecule has 1 aliphatic carbocycles. The lowest BCUT2D eigenvalue weighted by Crippen LogP contribution is -2.33. The fourth-order valence-corrected chi connectivity index (χ4v) is 3.06. The van der Waals surface area contributed by atoms with Gasteiger partial charge >= 0.3 is 0 Å². The second-order valence-corrected chi connectivity index (χ2v) is 5.47. The van der Waals surface area contributed by atoms with Crippen molar-refractivity contribution >= 4 is 5.57 Å². The van der Waals surface area contributed by atoms with Gasteiger partial charge in [0.1, 0.15) is 0 Å². The molecule has 0 saturated carbocycles. The minimum atomic E-state index is 0.702. The van der Waals surface area contributed by atoms with Crippen molar-refractivity contribution in [1.82, 2.24) is 4.90 Å². The van der Waals surface area contributed by atoms with Crippen molar-refractivity contribution in [3.63, 3.8) is 0 Å². The number of benzene rings is 1. The molecule has 0 aromatic heterocycles. The van der Waals surface area contributed by atoms with Gasteiger partial charge < -0.3 is 4.90 Å². The van der Waals surface area contributed by atoms with Crippen molar-refractivity contribution in [3.05, 3.63) is 41.0 Å². The molecule has 0 aliphatic heterocycles. The van der Waals surface area contributed by atoms with E-state index in [2.05, 4.69) is 57.1 Å². The molecule has 0 amide bonds. The molecule has 0 radical (unpaired) electrons. The summed E-state index contributed by atoms with van der Waals surface area (Å²) in [6.45, 7) is 4.41. The van der Waals surface area contributed by atoms with Crippen LogP contribution < -0.4 is 0 Å². The summed E-state index contributed by atoms with van der Waals surface area (Å²) in [5.74, 6) is 0. The largest absolute Gasteiger partial charge is 0.306 e. The van der Waals surface area contributed by atoms with Gasteiger partial charge in [0.15, 0.2) is 0 Å². The molecule has 1 aromatic carbocycles. The lowest BCUT2D eigenvalue weighted by molar-refractivity contribution is 0.268. The van der Waals surface area contributed by atoms with Crippen molar-refractivity contribution in [2.75, 3.05) is 14.1 Å².